The van der Waals surface area contributed by atoms with E-state index in [0.717, 1.165) is 78.3 Å². The Balaban J connectivity index is 1.05. The summed E-state index contributed by atoms with van der Waals surface area (Å²) in [7, 11) is 0. The zero-order chi connectivity index (χ0) is 39.1. The molecule has 0 spiro atoms. The van der Waals surface area contributed by atoms with E-state index in [2.05, 4.69) is 228 Å². The molecule has 1 aromatic heterocycles. The van der Waals surface area contributed by atoms with Crippen molar-refractivity contribution in [1.82, 2.24) is 0 Å². The molecule has 0 aliphatic rings. The molecule has 0 fully saturated rings. The molecule has 59 heavy (non-hydrogen) atoms. The molecule has 0 radical (unpaired) electrons. The van der Waals surface area contributed by atoms with E-state index in [4.69, 9.17) is 4.42 Å². The van der Waals surface area contributed by atoms with E-state index in [1.54, 1.807) is 0 Å². The summed E-state index contributed by atoms with van der Waals surface area (Å²) in [6.07, 6.45) is 0. The molecule has 0 unspecified atom stereocenters. The summed E-state index contributed by atoms with van der Waals surface area (Å²) in [4.78, 5) is 4.71. The van der Waals surface area contributed by atoms with Gasteiger partial charge in [0, 0.05) is 44.8 Å². The maximum atomic E-state index is 6.19. The third-order valence-corrected chi connectivity index (χ3v) is 11.4. The molecule has 0 bridgehead atoms. The van der Waals surface area contributed by atoms with Crippen LogP contribution in [0.2, 0.25) is 0 Å². The van der Waals surface area contributed by atoms with Crippen molar-refractivity contribution in [3.63, 3.8) is 0 Å². The van der Waals surface area contributed by atoms with Gasteiger partial charge in [0.05, 0.1) is 5.69 Å². The minimum atomic E-state index is 0.885. The minimum Gasteiger partial charge on any atom is -0.456 e. The Hall–Kier alpha value is -7.88. The first kappa shape index (κ1) is 34.4. The lowest BCUT2D eigenvalue weighted by atomic mass is 9.94. The van der Waals surface area contributed by atoms with Crippen LogP contribution in [0.4, 0.5) is 34.1 Å². The van der Waals surface area contributed by atoms with Crippen LogP contribution >= 0.6 is 0 Å². The molecule has 1 heterocycles. The molecule has 11 aromatic rings. The topological polar surface area (TPSA) is 19.6 Å². The van der Waals surface area contributed by atoms with Gasteiger partial charge in [0.15, 0.2) is 0 Å². The second-order valence-electron chi connectivity index (χ2n) is 15.0. The molecule has 10 aromatic carbocycles. The van der Waals surface area contributed by atoms with Gasteiger partial charge in [-0.2, -0.15) is 0 Å². The first-order valence-electron chi connectivity index (χ1n) is 20.1. The molecular formula is C56H38N2O. The van der Waals surface area contributed by atoms with Crippen molar-refractivity contribution in [2.45, 2.75) is 0 Å². The van der Waals surface area contributed by atoms with Crippen molar-refractivity contribution < 1.29 is 4.42 Å². The molecule has 3 nitrogen and oxygen atoms in total. The highest BCUT2D eigenvalue weighted by Gasteiger charge is 2.20. The normalized spacial score (nSPS) is 11.4. The van der Waals surface area contributed by atoms with Gasteiger partial charge in [0.25, 0.3) is 0 Å². The van der Waals surface area contributed by atoms with Crippen LogP contribution in [0.25, 0.3) is 65.7 Å². The zero-order valence-electron chi connectivity index (χ0n) is 32.2. The van der Waals surface area contributed by atoms with Gasteiger partial charge in [0.1, 0.15) is 11.2 Å². The number of furan rings is 1. The monoisotopic (exact) mass is 754 g/mol. The molecular weight excluding hydrogens is 717 g/mol. The Morgan fingerprint density at radius 3 is 1.53 bits per heavy atom. The van der Waals surface area contributed by atoms with E-state index in [1.165, 1.54) is 21.5 Å². The average Bonchev–Trinajstić information content (AvgIpc) is 3.68. The lowest BCUT2D eigenvalue weighted by Gasteiger charge is -2.29. The summed E-state index contributed by atoms with van der Waals surface area (Å²) in [6.45, 7) is 0. The predicted octanol–water partition coefficient (Wildman–Crippen LogP) is 16.2. The third-order valence-electron chi connectivity index (χ3n) is 11.4. The number of hydrogen-bond donors (Lipinski definition) is 0. The predicted molar refractivity (Wildman–Crippen MR) is 249 cm³/mol. The van der Waals surface area contributed by atoms with Crippen LogP contribution in [0, 0.1) is 0 Å². The van der Waals surface area contributed by atoms with Crippen molar-refractivity contribution in [3.05, 3.63) is 231 Å². The Morgan fingerprint density at radius 1 is 0.271 bits per heavy atom. The van der Waals surface area contributed by atoms with Gasteiger partial charge in [-0.1, -0.05) is 140 Å². The molecule has 0 amide bonds. The summed E-state index contributed by atoms with van der Waals surface area (Å²) in [5.41, 5.74) is 12.9. The minimum absolute atomic E-state index is 0.885. The maximum Gasteiger partial charge on any atom is 0.135 e. The Morgan fingerprint density at radius 2 is 0.780 bits per heavy atom. The molecule has 11 rings (SSSR count). The molecule has 0 aliphatic heterocycles. The third kappa shape index (κ3) is 6.36. The van der Waals surface area contributed by atoms with Crippen LogP contribution in [-0.2, 0) is 0 Å². The average molecular weight is 755 g/mol. The molecule has 3 heteroatoms. The highest BCUT2D eigenvalue weighted by molar-refractivity contribution is 6.06. The highest BCUT2D eigenvalue weighted by atomic mass is 16.3. The zero-order valence-corrected chi connectivity index (χ0v) is 32.2. The van der Waals surface area contributed by atoms with Crippen LogP contribution in [0.15, 0.2) is 235 Å². The van der Waals surface area contributed by atoms with Crippen LogP contribution in [0.1, 0.15) is 0 Å². The van der Waals surface area contributed by atoms with Gasteiger partial charge in [-0.05, 0) is 129 Å². The van der Waals surface area contributed by atoms with E-state index in [1.807, 2.05) is 12.1 Å². The smallest absolute Gasteiger partial charge is 0.135 e. The van der Waals surface area contributed by atoms with Crippen LogP contribution in [0.3, 0.4) is 0 Å². The van der Waals surface area contributed by atoms with Crippen LogP contribution in [0.5, 0.6) is 0 Å². The number of benzene rings is 10. The second kappa shape index (κ2) is 14.6. The molecule has 0 atom stereocenters. The van der Waals surface area contributed by atoms with Gasteiger partial charge in [-0.25, -0.2) is 0 Å². The van der Waals surface area contributed by atoms with Crippen LogP contribution < -0.4 is 9.80 Å². The summed E-state index contributed by atoms with van der Waals surface area (Å²) in [5.74, 6) is 0. The van der Waals surface area contributed by atoms with E-state index >= 15 is 0 Å². The molecule has 278 valence electrons. The van der Waals surface area contributed by atoms with Gasteiger partial charge < -0.3 is 14.2 Å². The first-order valence-corrected chi connectivity index (χ1v) is 20.1. The van der Waals surface area contributed by atoms with Gasteiger partial charge in [-0.15, -0.1) is 0 Å². The number of hydrogen-bond acceptors (Lipinski definition) is 3. The van der Waals surface area contributed by atoms with Gasteiger partial charge >= 0.3 is 0 Å². The fraction of sp³-hybridized carbons (Fsp3) is 0. The van der Waals surface area contributed by atoms with Crippen molar-refractivity contribution >= 4 is 77.6 Å². The summed E-state index contributed by atoms with van der Waals surface area (Å²) in [5, 5.41) is 7.08. The van der Waals surface area contributed by atoms with E-state index < -0.39 is 0 Å². The number of rotatable bonds is 8. The summed E-state index contributed by atoms with van der Waals surface area (Å²) >= 11 is 0. The van der Waals surface area contributed by atoms with E-state index in [9.17, 15) is 0 Å². The van der Waals surface area contributed by atoms with Gasteiger partial charge in [-0.3, -0.25) is 0 Å². The first-order chi connectivity index (χ1) is 29.2. The number of fused-ring (bicyclic) bond motifs is 5. The van der Waals surface area contributed by atoms with Gasteiger partial charge in [0.2, 0.25) is 0 Å². The number of nitrogens with zero attached hydrogens (tertiary/aromatic N) is 2. The Bertz CT molecular complexity index is 3280. The number of anilines is 6. The lowest BCUT2D eigenvalue weighted by Crippen LogP contribution is -2.11. The van der Waals surface area contributed by atoms with Crippen molar-refractivity contribution in [3.8, 4) is 22.3 Å². The SMILES string of the molecule is c1ccc(N(c2ccc(-c3ccc(N(c4ccccc4)c4ccc5ccccc5c4)c(-c4ccc5ccccc5c4)c3)cc2)c2ccc3oc4ccccc4c3c2)cc1. The second-order valence-corrected chi connectivity index (χ2v) is 15.0. The molecule has 0 aliphatic carbocycles. The van der Waals surface area contributed by atoms with Crippen molar-refractivity contribution in [2.24, 2.45) is 0 Å². The Labute approximate surface area is 343 Å². The lowest BCUT2D eigenvalue weighted by molar-refractivity contribution is 0.669. The Kier molecular flexibility index (Phi) is 8.49. The van der Waals surface area contributed by atoms with Crippen molar-refractivity contribution in [2.75, 3.05) is 9.80 Å². The standard InChI is InChI=1S/C56H38N2O/c1-3-17-46(18-4-1)57(50-32-34-56-53(38-50)51-21-11-12-22-55(51)59-56)48-29-25-41(26-30-48)44-28-33-54(52(37-44)45-24-23-39-13-7-9-15-42(39)35-45)58(47-19-5-2-6-20-47)49-31-27-40-14-8-10-16-43(40)36-49/h1-38H. The molecule has 0 saturated heterocycles. The quantitative estimate of drug-likeness (QED) is 0.154. The largest absolute Gasteiger partial charge is 0.456 e. The molecule has 0 N–H and O–H groups in total. The summed E-state index contributed by atoms with van der Waals surface area (Å²) < 4.78 is 6.19. The van der Waals surface area contributed by atoms with Crippen LogP contribution in [-0.4, -0.2) is 0 Å². The summed E-state index contributed by atoms with van der Waals surface area (Å²) in [6, 6.07) is 82.6. The highest BCUT2D eigenvalue weighted by Crippen LogP contribution is 2.45. The molecule has 0 saturated carbocycles. The van der Waals surface area contributed by atoms with Crippen molar-refractivity contribution in [1.29, 1.82) is 0 Å². The fourth-order valence-electron chi connectivity index (χ4n) is 8.50. The maximum absolute atomic E-state index is 6.19. The number of para-hydroxylation sites is 3. The van der Waals surface area contributed by atoms with E-state index in [-0.39, 0.29) is 0 Å². The fourth-order valence-corrected chi connectivity index (χ4v) is 8.50. The van der Waals surface area contributed by atoms with E-state index in [0.29, 0.717) is 0 Å².